The molecule has 0 bridgehead atoms. The molecule has 164 valence electrons. The van der Waals surface area contributed by atoms with Gasteiger partial charge in [-0.25, -0.2) is 18.7 Å². The molecular formula is C18H23F2N5O3S2. The maximum atomic E-state index is 14.1. The lowest BCUT2D eigenvalue weighted by Gasteiger charge is -2.29. The van der Waals surface area contributed by atoms with E-state index in [1.54, 1.807) is 6.92 Å². The third-order valence-electron chi connectivity index (χ3n) is 4.47. The summed E-state index contributed by atoms with van der Waals surface area (Å²) in [5.74, 6) is -1.43. The third-order valence-corrected chi connectivity index (χ3v) is 6.88. The van der Waals surface area contributed by atoms with Gasteiger partial charge in [-0.1, -0.05) is 23.9 Å². The van der Waals surface area contributed by atoms with Crippen molar-refractivity contribution in [2.75, 3.05) is 29.7 Å². The van der Waals surface area contributed by atoms with Crippen LogP contribution in [0.5, 0.6) is 0 Å². The highest BCUT2D eigenvalue weighted by atomic mass is 32.2. The first-order valence-electron chi connectivity index (χ1n) is 9.30. The first kappa shape index (κ1) is 22.7. The molecule has 8 nitrogen and oxygen atoms in total. The van der Waals surface area contributed by atoms with Crippen molar-refractivity contribution in [3.8, 4) is 0 Å². The first-order valence-corrected chi connectivity index (χ1v) is 11.7. The molecule has 1 aromatic heterocycles. The summed E-state index contributed by atoms with van der Waals surface area (Å²) in [6.07, 6.45) is 0.797. The van der Waals surface area contributed by atoms with Gasteiger partial charge < -0.3 is 10.4 Å². The predicted molar refractivity (Wildman–Crippen MR) is 112 cm³/mol. The minimum Gasteiger partial charge on any atom is -0.394 e. The number of anilines is 2. The smallest absolute Gasteiger partial charge is 0.302 e. The minimum absolute atomic E-state index is 0.0441. The van der Waals surface area contributed by atoms with Gasteiger partial charge >= 0.3 is 10.2 Å². The third kappa shape index (κ3) is 5.36. The molecule has 12 heteroatoms. The quantitative estimate of drug-likeness (QED) is 0.391. The maximum absolute atomic E-state index is 14.1. The van der Waals surface area contributed by atoms with Crippen LogP contribution >= 0.6 is 11.8 Å². The molecule has 1 saturated heterocycles. The van der Waals surface area contributed by atoms with Crippen LogP contribution in [0.2, 0.25) is 0 Å². The second-order valence-corrected chi connectivity index (χ2v) is 9.58. The molecular weight excluding hydrogens is 436 g/mol. The molecule has 3 N–H and O–H groups in total. The number of hydrogen-bond acceptors (Lipinski definition) is 7. The van der Waals surface area contributed by atoms with Gasteiger partial charge in [-0.05, 0) is 25.8 Å². The maximum Gasteiger partial charge on any atom is 0.302 e. The van der Waals surface area contributed by atoms with Crippen LogP contribution in [0.1, 0.15) is 24.5 Å². The van der Waals surface area contributed by atoms with E-state index in [-0.39, 0.29) is 40.5 Å². The zero-order valence-electron chi connectivity index (χ0n) is 16.5. The highest BCUT2D eigenvalue weighted by Gasteiger charge is 2.28. The van der Waals surface area contributed by atoms with Gasteiger partial charge in [0.2, 0.25) is 0 Å². The Morgan fingerprint density at radius 3 is 2.57 bits per heavy atom. The number of thioether (sulfide) groups is 1. The van der Waals surface area contributed by atoms with Crippen LogP contribution in [0.4, 0.5) is 20.4 Å². The molecule has 2 heterocycles. The Morgan fingerprint density at radius 2 is 1.93 bits per heavy atom. The molecule has 2 aromatic rings. The average molecular weight is 460 g/mol. The average Bonchev–Trinajstić information content (AvgIpc) is 2.63. The standard InChI is InChI=1S/C18H23F2N5O3S2/c1-11-4-5-13(17(20)16(11)19)10-29-18-22-14(21-12(2)9-26)8-15(23-18)24-30(27,28)25-6-3-7-25/h4-5,8,12,26H,3,6-7,9-10H2,1-2H3,(H2,21,22,23,24)/t12-/m1/s1. The summed E-state index contributed by atoms with van der Waals surface area (Å²) < 4.78 is 56.4. The van der Waals surface area contributed by atoms with E-state index in [9.17, 15) is 22.3 Å². The highest BCUT2D eigenvalue weighted by molar-refractivity contribution is 7.98. The van der Waals surface area contributed by atoms with Crippen molar-refractivity contribution in [1.29, 1.82) is 0 Å². The molecule has 1 aliphatic heterocycles. The fourth-order valence-corrected chi connectivity index (χ4v) is 4.65. The van der Waals surface area contributed by atoms with Crippen LogP contribution < -0.4 is 10.0 Å². The molecule has 0 radical (unpaired) electrons. The first-order chi connectivity index (χ1) is 14.2. The number of halogens is 2. The van der Waals surface area contributed by atoms with Crippen LogP contribution in [0.25, 0.3) is 0 Å². The molecule has 1 fully saturated rings. The Labute approximate surface area is 178 Å². The fourth-order valence-electron chi connectivity index (χ4n) is 2.58. The number of hydrogen-bond donors (Lipinski definition) is 3. The molecule has 0 saturated carbocycles. The van der Waals surface area contributed by atoms with Crippen molar-refractivity contribution in [2.45, 2.75) is 37.2 Å². The number of rotatable bonds is 9. The summed E-state index contributed by atoms with van der Waals surface area (Å²) in [7, 11) is -3.73. The largest absolute Gasteiger partial charge is 0.394 e. The van der Waals surface area contributed by atoms with Crippen molar-refractivity contribution < 1.29 is 22.3 Å². The lowest BCUT2D eigenvalue weighted by Crippen LogP contribution is -2.45. The van der Waals surface area contributed by atoms with E-state index in [1.165, 1.54) is 29.4 Å². The number of aromatic nitrogens is 2. The predicted octanol–water partition coefficient (Wildman–Crippen LogP) is 2.51. The second kappa shape index (κ2) is 9.41. The monoisotopic (exact) mass is 459 g/mol. The van der Waals surface area contributed by atoms with E-state index in [0.29, 0.717) is 18.9 Å². The van der Waals surface area contributed by atoms with Crippen molar-refractivity contribution in [2.24, 2.45) is 0 Å². The summed E-state index contributed by atoms with van der Waals surface area (Å²) in [6.45, 7) is 3.92. The molecule has 30 heavy (non-hydrogen) atoms. The normalized spacial score (nSPS) is 15.5. The number of aliphatic hydroxyl groups is 1. The Balaban J connectivity index is 1.83. The number of nitrogens with one attached hydrogen (secondary N) is 2. The Morgan fingerprint density at radius 1 is 1.23 bits per heavy atom. The van der Waals surface area contributed by atoms with Gasteiger partial charge in [0.15, 0.2) is 16.8 Å². The lowest BCUT2D eigenvalue weighted by atomic mass is 10.1. The summed E-state index contributed by atoms with van der Waals surface area (Å²) >= 11 is 1.04. The zero-order chi connectivity index (χ0) is 21.9. The number of aliphatic hydroxyl groups excluding tert-OH is 1. The highest BCUT2D eigenvalue weighted by Crippen LogP contribution is 2.27. The number of benzene rings is 1. The topological polar surface area (TPSA) is 107 Å². The second-order valence-electron chi connectivity index (χ2n) is 6.97. The lowest BCUT2D eigenvalue weighted by molar-refractivity contribution is 0.281. The van der Waals surface area contributed by atoms with Crippen LogP contribution in [0.15, 0.2) is 23.4 Å². The van der Waals surface area contributed by atoms with Crippen molar-refractivity contribution in [3.05, 3.63) is 41.0 Å². The zero-order valence-corrected chi connectivity index (χ0v) is 18.2. The van der Waals surface area contributed by atoms with Crippen LogP contribution in [-0.4, -0.2) is 53.5 Å². The summed E-state index contributed by atoms with van der Waals surface area (Å²) in [5.41, 5.74) is 0.362. The van der Waals surface area contributed by atoms with E-state index in [1.807, 2.05) is 0 Å². The molecule has 0 spiro atoms. The molecule has 0 aliphatic carbocycles. The number of aryl methyl sites for hydroxylation is 1. The SMILES string of the molecule is Cc1ccc(CSc2nc(N[C@H](C)CO)cc(NS(=O)(=O)N3CCC3)n2)c(F)c1F. The Bertz CT molecular complexity index is 1020. The summed E-state index contributed by atoms with van der Waals surface area (Å²) in [6, 6.07) is 4.06. The molecule has 0 unspecified atom stereocenters. The summed E-state index contributed by atoms with van der Waals surface area (Å²) in [5, 5.41) is 12.4. The van der Waals surface area contributed by atoms with Gasteiger partial charge in [-0.15, -0.1) is 0 Å². The minimum atomic E-state index is -3.73. The van der Waals surface area contributed by atoms with Gasteiger partial charge in [0.1, 0.15) is 11.6 Å². The summed E-state index contributed by atoms with van der Waals surface area (Å²) in [4.78, 5) is 8.47. The number of nitrogens with zero attached hydrogens (tertiary/aromatic N) is 3. The molecule has 1 aliphatic rings. The van der Waals surface area contributed by atoms with Gasteiger partial charge in [0, 0.05) is 36.5 Å². The van der Waals surface area contributed by atoms with Crippen molar-refractivity contribution >= 4 is 33.6 Å². The Hall–Kier alpha value is -2.02. The van der Waals surface area contributed by atoms with E-state index in [4.69, 9.17) is 0 Å². The van der Waals surface area contributed by atoms with Gasteiger partial charge in [0.05, 0.1) is 6.61 Å². The van der Waals surface area contributed by atoms with E-state index >= 15 is 0 Å². The van der Waals surface area contributed by atoms with Crippen LogP contribution in [-0.2, 0) is 16.0 Å². The Kier molecular flexibility index (Phi) is 7.11. The fraction of sp³-hybridized carbons (Fsp3) is 0.444. The van der Waals surface area contributed by atoms with Gasteiger partial charge in [-0.3, -0.25) is 4.72 Å². The van der Waals surface area contributed by atoms with E-state index in [0.717, 1.165) is 18.2 Å². The molecule has 1 aromatic carbocycles. The van der Waals surface area contributed by atoms with E-state index in [2.05, 4.69) is 20.0 Å². The van der Waals surface area contributed by atoms with Crippen molar-refractivity contribution in [3.63, 3.8) is 0 Å². The molecule has 3 rings (SSSR count). The van der Waals surface area contributed by atoms with Gasteiger partial charge in [0.25, 0.3) is 0 Å². The van der Waals surface area contributed by atoms with Gasteiger partial charge in [-0.2, -0.15) is 12.7 Å². The molecule has 0 amide bonds. The van der Waals surface area contributed by atoms with Crippen molar-refractivity contribution in [1.82, 2.24) is 14.3 Å². The van der Waals surface area contributed by atoms with E-state index < -0.39 is 21.8 Å². The molecule has 1 atom stereocenters. The van der Waals surface area contributed by atoms with Crippen LogP contribution in [0, 0.1) is 18.6 Å². The van der Waals surface area contributed by atoms with Crippen LogP contribution in [0.3, 0.4) is 0 Å².